The molecule has 4 rings (SSSR count). The third-order valence-corrected chi connectivity index (χ3v) is 5.34. The van der Waals surface area contributed by atoms with E-state index < -0.39 is 0 Å². The van der Waals surface area contributed by atoms with E-state index in [-0.39, 0.29) is 11.3 Å². The van der Waals surface area contributed by atoms with Crippen LogP contribution in [0.3, 0.4) is 0 Å². The van der Waals surface area contributed by atoms with Crippen molar-refractivity contribution in [1.82, 2.24) is 24.7 Å². The van der Waals surface area contributed by atoms with E-state index >= 15 is 0 Å². The maximum absolute atomic E-state index is 6.24. The highest BCUT2D eigenvalue weighted by Crippen LogP contribution is 2.36. The number of hydrogen-bond donors (Lipinski definition) is 0. The Hall–Kier alpha value is -1.77. The van der Waals surface area contributed by atoms with Gasteiger partial charge in [-0.3, -0.25) is 4.57 Å². The Morgan fingerprint density at radius 1 is 1.25 bits per heavy atom. The molecule has 0 amide bonds. The van der Waals surface area contributed by atoms with Crippen molar-refractivity contribution in [1.29, 1.82) is 0 Å². The molecule has 0 aromatic carbocycles. The zero-order valence-electron chi connectivity index (χ0n) is 13.7. The predicted octanol–water partition coefficient (Wildman–Crippen LogP) is 2.77. The monoisotopic (exact) mass is 364 g/mol. The number of thiophene rings is 1. The van der Waals surface area contributed by atoms with Crippen LogP contribution in [-0.4, -0.2) is 50.5 Å². The summed E-state index contributed by atoms with van der Waals surface area (Å²) in [5.74, 6) is 2.52. The molecule has 0 radical (unpaired) electrons. The molecular weight excluding hydrogens is 348 g/mol. The molecule has 1 atom stereocenters. The van der Waals surface area contributed by atoms with Gasteiger partial charge in [0.05, 0.1) is 29.6 Å². The number of anilines is 1. The van der Waals surface area contributed by atoms with Gasteiger partial charge in [0.2, 0.25) is 5.28 Å². The van der Waals surface area contributed by atoms with Gasteiger partial charge in [-0.15, -0.1) is 21.5 Å². The molecule has 3 aromatic heterocycles. The van der Waals surface area contributed by atoms with Crippen molar-refractivity contribution in [3.8, 4) is 5.69 Å². The fraction of sp³-hybridized carbons (Fsp3) is 0.467. The first kappa shape index (κ1) is 15.7. The smallest absolute Gasteiger partial charge is 0.225 e. The Kier molecular flexibility index (Phi) is 3.90. The van der Waals surface area contributed by atoms with Gasteiger partial charge < -0.3 is 9.64 Å². The average Bonchev–Trinajstić information content (AvgIpc) is 3.10. The number of nitrogens with zero attached hydrogens (tertiary/aromatic N) is 6. The van der Waals surface area contributed by atoms with Gasteiger partial charge >= 0.3 is 0 Å². The molecule has 0 unspecified atom stereocenters. The van der Waals surface area contributed by atoms with Crippen LogP contribution < -0.4 is 4.90 Å². The number of morpholine rings is 1. The van der Waals surface area contributed by atoms with Crippen LogP contribution in [0.25, 0.3) is 15.9 Å². The average molecular weight is 365 g/mol. The first-order valence-corrected chi connectivity index (χ1v) is 9.00. The van der Waals surface area contributed by atoms with Crippen molar-refractivity contribution in [2.24, 2.45) is 0 Å². The predicted molar refractivity (Wildman–Crippen MR) is 94.4 cm³/mol. The summed E-state index contributed by atoms with van der Waals surface area (Å²) in [6.07, 6.45) is 0. The zero-order chi connectivity index (χ0) is 16.8. The van der Waals surface area contributed by atoms with Crippen molar-refractivity contribution in [2.75, 3.05) is 24.7 Å². The van der Waals surface area contributed by atoms with Crippen LogP contribution in [0, 0.1) is 13.8 Å². The maximum Gasteiger partial charge on any atom is 0.225 e. The van der Waals surface area contributed by atoms with Crippen LogP contribution in [0.5, 0.6) is 0 Å². The molecule has 3 aromatic rings. The first-order valence-electron chi connectivity index (χ1n) is 7.74. The van der Waals surface area contributed by atoms with E-state index in [0.717, 1.165) is 39.9 Å². The molecule has 0 aliphatic carbocycles. The number of aryl methyl sites for hydroxylation is 2. The third kappa shape index (κ3) is 2.45. The van der Waals surface area contributed by atoms with E-state index in [9.17, 15) is 0 Å². The number of aromatic nitrogens is 5. The minimum atomic E-state index is 0.247. The highest BCUT2D eigenvalue weighted by Gasteiger charge is 2.25. The second-order valence-electron chi connectivity index (χ2n) is 5.86. The Balaban J connectivity index is 1.92. The van der Waals surface area contributed by atoms with Crippen molar-refractivity contribution < 1.29 is 4.74 Å². The van der Waals surface area contributed by atoms with Gasteiger partial charge in [0, 0.05) is 11.9 Å². The van der Waals surface area contributed by atoms with Crippen LogP contribution in [0.4, 0.5) is 5.82 Å². The van der Waals surface area contributed by atoms with E-state index in [1.165, 1.54) is 0 Å². The molecular formula is C15H17ClN6OS. The van der Waals surface area contributed by atoms with Gasteiger partial charge in [-0.25, -0.2) is 4.98 Å². The van der Waals surface area contributed by atoms with Gasteiger partial charge in [-0.05, 0) is 32.4 Å². The molecule has 126 valence electrons. The molecule has 1 saturated heterocycles. The van der Waals surface area contributed by atoms with Crippen molar-refractivity contribution in [2.45, 2.75) is 26.8 Å². The molecule has 0 N–H and O–H groups in total. The second-order valence-corrected chi connectivity index (χ2v) is 7.08. The van der Waals surface area contributed by atoms with Gasteiger partial charge in [-0.1, -0.05) is 0 Å². The number of fused-ring (bicyclic) bond motifs is 1. The van der Waals surface area contributed by atoms with E-state index in [2.05, 4.69) is 37.4 Å². The molecule has 1 aliphatic rings. The minimum Gasteiger partial charge on any atom is -0.377 e. The van der Waals surface area contributed by atoms with Gasteiger partial charge in [0.1, 0.15) is 17.2 Å². The van der Waals surface area contributed by atoms with Gasteiger partial charge in [0.25, 0.3) is 0 Å². The first-order chi connectivity index (χ1) is 11.6. The number of hydrogen-bond acceptors (Lipinski definition) is 7. The van der Waals surface area contributed by atoms with Crippen LogP contribution in [0.1, 0.15) is 18.6 Å². The second kappa shape index (κ2) is 5.94. The number of rotatable bonds is 2. The fourth-order valence-electron chi connectivity index (χ4n) is 3.08. The Bertz CT molecular complexity index is 887. The Morgan fingerprint density at radius 2 is 2.00 bits per heavy atom. The molecule has 0 spiro atoms. The van der Waals surface area contributed by atoms with Crippen LogP contribution in [0.2, 0.25) is 5.28 Å². The molecule has 0 bridgehead atoms. The highest BCUT2D eigenvalue weighted by molar-refractivity contribution is 7.18. The van der Waals surface area contributed by atoms with Crippen molar-refractivity contribution in [3.63, 3.8) is 0 Å². The van der Waals surface area contributed by atoms with E-state index in [0.29, 0.717) is 13.2 Å². The third-order valence-electron chi connectivity index (χ3n) is 4.22. The Morgan fingerprint density at radius 3 is 2.71 bits per heavy atom. The molecule has 9 heteroatoms. The van der Waals surface area contributed by atoms with Crippen LogP contribution in [0.15, 0.2) is 5.38 Å². The summed E-state index contributed by atoms with van der Waals surface area (Å²) < 4.78 is 8.55. The topological polar surface area (TPSA) is 69.0 Å². The molecule has 4 heterocycles. The Labute approximate surface area is 148 Å². The summed E-state index contributed by atoms with van der Waals surface area (Å²) in [6, 6.07) is 0.247. The lowest BCUT2D eigenvalue weighted by Gasteiger charge is -2.34. The standard InChI is InChI=1S/C15H17ClN6OS/c1-8-6-23-5-4-21(8)14-13-12(17-15(16)18-14)11(7-24-13)22-9(2)19-20-10(22)3/h7-8H,4-6H2,1-3H3/t8-/m1/s1. The van der Waals surface area contributed by atoms with E-state index in [1.54, 1.807) is 11.3 Å². The quantitative estimate of drug-likeness (QED) is 0.651. The zero-order valence-corrected chi connectivity index (χ0v) is 15.2. The highest BCUT2D eigenvalue weighted by atomic mass is 35.5. The number of halogens is 1. The molecule has 24 heavy (non-hydrogen) atoms. The van der Waals surface area contributed by atoms with Crippen LogP contribution in [-0.2, 0) is 4.74 Å². The normalized spacial score (nSPS) is 18.5. The van der Waals surface area contributed by atoms with E-state index in [1.807, 2.05) is 18.4 Å². The summed E-state index contributed by atoms with van der Waals surface area (Å²) >= 11 is 7.86. The lowest BCUT2D eigenvalue weighted by atomic mass is 10.2. The summed E-state index contributed by atoms with van der Waals surface area (Å²) in [4.78, 5) is 11.2. The number of ether oxygens (including phenoxy) is 1. The SMILES string of the molecule is Cc1nnc(C)n1-c1csc2c(N3CCOC[C@H]3C)nc(Cl)nc12. The lowest BCUT2D eigenvalue weighted by Crippen LogP contribution is -2.44. The van der Waals surface area contributed by atoms with Crippen LogP contribution >= 0.6 is 22.9 Å². The van der Waals surface area contributed by atoms with Crippen molar-refractivity contribution in [3.05, 3.63) is 22.3 Å². The van der Waals surface area contributed by atoms with Gasteiger partial charge in [0.15, 0.2) is 5.82 Å². The summed E-state index contributed by atoms with van der Waals surface area (Å²) in [5.41, 5.74) is 1.78. The largest absolute Gasteiger partial charge is 0.377 e. The molecule has 1 fully saturated rings. The molecule has 1 aliphatic heterocycles. The maximum atomic E-state index is 6.24. The molecule has 7 nitrogen and oxygen atoms in total. The summed E-state index contributed by atoms with van der Waals surface area (Å²) in [7, 11) is 0. The van der Waals surface area contributed by atoms with Gasteiger partial charge in [-0.2, -0.15) is 4.98 Å². The lowest BCUT2D eigenvalue weighted by molar-refractivity contribution is 0.0987. The fourth-order valence-corrected chi connectivity index (χ4v) is 4.22. The molecule has 0 saturated carbocycles. The summed E-state index contributed by atoms with van der Waals surface area (Å²) in [5, 5.41) is 10.6. The van der Waals surface area contributed by atoms with E-state index in [4.69, 9.17) is 16.3 Å². The minimum absolute atomic E-state index is 0.247. The summed E-state index contributed by atoms with van der Waals surface area (Å²) in [6.45, 7) is 8.15. The van der Waals surface area contributed by atoms with Crippen molar-refractivity contribution >= 4 is 39.0 Å².